The molecule has 3 fully saturated rings. The molecule has 3 heterocycles. The third kappa shape index (κ3) is 4.25. The summed E-state index contributed by atoms with van der Waals surface area (Å²) >= 11 is 0. The fraction of sp³-hybridized carbons (Fsp3) is 0.667. The van der Waals surface area contributed by atoms with Gasteiger partial charge < -0.3 is 10.6 Å². The van der Waals surface area contributed by atoms with Crippen LogP contribution in [0.5, 0.6) is 0 Å². The summed E-state index contributed by atoms with van der Waals surface area (Å²) < 4.78 is 42.0. The molecule has 0 unspecified atom stereocenters. The first-order valence-electron chi connectivity index (χ1n) is 12.0. The molecule has 0 aromatic carbocycles. The predicted molar refractivity (Wildman–Crippen MR) is 122 cm³/mol. The third-order valence-corrected chi connectivity index (χ3v) is 7.81. The molecule has 2 N–H and O–H groups in total. The topological polar surface area (TPSA) is 63.2 Å². The monoisotopic (exact) mass is 462 g/mol. The van der Waals surface area contributed by atoms with Gasteiger partial charge in [0.1, 0.15) is 5.82 Å². The van der Waals surface area contributed by atoms with Crippen molar-refractivity contribution in [1.82, 2.24) is 24.6 Å². The van der Waals surface area contributed by atoms with Crippen LogP contribution >= 0.6 is 0 Å². The molecule has 6 nitrogen and oxygen atoms in total. The molecule has 2 aromatic rings. The second-order valence-electron chi connectivity index (χ2n) is 10.3. The number of nitrogens with zero attached hydrogens (tertiary/aromatic N) is 5. The van der Waals surface area contributed by atoms with Crippen molar-refractivity contribution in [2.45, 2.75) is 57.3 Å². The highest BCUT2D eigenvalue weighted by atomic mass is 19.4. The summed E-state index contributed by atoms with van der Waals surface area (Å²) in [6, 6.07) is 3.84. The maximum Gasteiger partial charge on any atom is 0.419 e. The number of hydrogen-bond acceptors (Lipinski definition) is 5. The maximum absolute atomic E-state index is 13.3. The lowest BCUT2D eigenvalue weighted by Gasteiger charge is -2.29. The van der Waals surface area contributed by atoms with Gasteiger partial charge in [-0.2, -0.15) is 18.3 Å². The van der Waals surface area contributed by atoms with Crippen molar-refractivity contribution in [1.29, 1.82) is 0 Å². The van der Waals surface area contributed by atoms with Crippen LogP contribution in [0.4, 0.5) is 19.0 Å². The van der Waals surface area contributed by atoms with E-state index in [0.29, 0.717) is 35.1 Å². The van der Waals surface area contributed by atoms with E-state index in [1.807, 2.05) is 10.7 Å². The number of likely N-dealkylation sites (N-methyl/N-ethyl adjacent to an activating group) is 1. The Bertz CT molecular complexity index is 1000. The lowest BCUT2D eigenvalue weighted by Crippen LogP contribution is -2.37. The predicted octanol–water partition coefficient (Wildman–Crippen LogP) is 4.26. The van der Waals surface area contributed by atoms with E-state index in [1.54, 1.807) is 0 Å². The number of fused-ring (bicyclic) bond motifs is 1. The zero-order chi connectivity index (χ0) is 23.5. The van der Waals surface area contributed by atoms with E-state index >= 15 is 0 Å². The van der Waals surface area contributed by atoms with Crippen molar-refractivity contribution in [2.75, 3.05) is 39.0 Å². The number of pyridine rings is 1. The lowest BCUT2D eigenvalue weighted by atomic mass is 10.0. The summed E-state index contributed by atoms with van der Waals surface area (Å²) in [6.45, 7) is 8.76. The van der Waals surface area contributed by atoms with Crippen LogP contribution in [0.1, 0.15) is 56.3 Å². The highest BCUT2D eigenvalue weighted by Gasteiger charge is 2.58. The van der Waals surface area contributed by atoms with Crippen LogP contribution in [0.2, 0.25) is 0 Å². The maximum atomic E-state index is 13.3. The number of nitrogens with two attached hydrogens (primary N) is 1. The molecule has 5 rings (SSSR count). The van der Waals surface area contributed by atoms with E-state index in [0.717, 1.165) is 24.8 Å². The molecule has 1 saturated heterocycles. The third-order valence-electron chi connectivity index (χ3n) is 7.81. The van der Waals surface area contributed by atoms with Crippen molar-refractivity contribution in [3.05, 3.63) is 29.6 Å². The minimum atomic E-state index is -4.54. The van der Waals surface area contributed by atoms with E-state index in [4.69, 9.17) is 10.8 Å². The van der Waals surface area contributed by atoms with Crippen LogP contribution in [0.15, 0.2) is 18.3 Å². The summed E-state index contributed by atoms with van der Waals surface area (Å²) in [6.07, 6.45) is 0.492. The number of alkyl halides is 3. The first kappa shape index (κ1) is 22.7. The molecule has 33 heavy (non-hydrogen) atoms. The molecule has 0 amide bonds. The van der Waals surface area contributed by atoms with Gasteiger partial charge in [0.2, 0.25) is 0 Å². The Hall–Kier alpha value is -2.13. The summed E-state index contributed by atoms with van der Waals surface area (Å²) in [5, 5.41) is 4.70. The smallest absolute Gasteiger partial charge is 0.383 e. The molecule has 0 bridgehead atoms. The molecule has 4 atom stereocenters. The SMILES string of the molecule is CC(C)n1nc(-c2cnc(N)c(C(F)(F)F)c2)cc1[C@H]1[C@@H]2C[C@@H](N3CCCN(C)CC3)C[C@@H]21. The van der Waals surface area contributed by atoms with Crippen molar-refractivity contribution in [3.8, 4) is 11.3 Å². The molecule has 2 aromatic heterocycles. The van der Waals surface area contributed by atoms with E-state index in [9.17, 15) is 13.2 Å². The summed E-state index contributed by atoms with van der Waals surface area (Å²) in [4.78, 5) is 8.89. The first-order valence-corrected chi connectivity index (χ1v) is 12.0. The Balaban J connectivity index is 1.35. The zero-order valence-electron chi connectivity index (χ0n) is 19.5. The molecule has 180 valence electrons. The Morgan fingerprint density at radius 3 is 2.45 bits per heavy atom. The lowest BCUT2D eigenvalue weighted by molar-refractivity contribution is -0.137. The van der Waals surface area contributed by atoms with E-state index < -0.39 is 17.6 Å². The van der Waals surface area contributed by atoms with Crippen LogP contribution in [0, 0.1) is 11.8 Å². The molecule has 3 aliphatic rings. The van der Waals surface area contributed by atoms with Crippen molar-refractivity contribution in [3.63, 3.8) is 0 Å². The molecular weight excluding hydrogens is 429 g/mol. The van der Waals surface area contributed by atoms with E-state index in [2.05, 4.69) is 35.7 Å². The van der Waals surface area contributed by atoms with Crippen LogP contribution in [0.3, 0.4) is 0 Å². The number of nitrogen functional groups attached to an aromatic ring is 1. The van der Waals surface area contributed by atoms with E-state index in [1.165, 1.54) is 38.5 Å². The Morgan fingerprint density at radius 1 is 1.06 bits per heavy atom. The molecule has 1 aliphatic heterocycles. The number of aromatic nitrogens is 3. The average molecular weight is 463 g/mol. The van der Waals surface area contributed by atoms with Gasteiger partial charge in [-0.1, -0.05) is 0 Å². The quantitative estimate of drug-likeness (QED) is 0.736. The highest BCUT2D eigenvalue weighted by Crippen LogP contribution is 2.64. The second kappa shape index (κ2) is 8.27. The minimum absolute atomic E-state index is 0.135. The normalized spacial score (nSPS) is 28.8. The van der Waals surface area contributed by atoms with Crippen LogP contribution in [-0.2, 0) is 6.18 Å². The van der Waals surface area contributed by atoms with Crippen LogP contribution in [-0.4, -0.2) is 63.8 Å². The van der Waals surface area contributed by atoms with Gasteiger partial charge >= 0.3 is 6.18 Å². The fourth-order valence-electron chi connectivity index (χ4n) is 6.04. The zero-order valence-corrected chi connectivity index (χ0v) is 19.5. The molecule has 0 radical (unpaired) electrons. The van der Waals surface area contributed by atoms with Gasteiger partial charge in [0.25, 0.3) is 0 Å². The highest BCUT2D eigenvalue weighted by molar-refractivity contribution is 5.63. The van der Waals surface area contributed by atoms with Gasteiger partial charge in [-0.25, -0.2) is 4.98 Å². The Labute approximate surface area is 192 Å². The minimum Gasteiger partial charge on any atom is -0.383 e. The average Bonchev–Trinajstić information content (AvgIpc) is 3.08. The first-order chi connectivity index (χ1) is 15.6. The fourth-order valence-corrected chi connectivity index (χ4v) is 6.04. The van der Waals surface area contributed by atoms with Crippen LogP contribution in [0.25, 0.3) is 11.3 Å². The van der Waals surface area contributed by atoms with Gasteiger partial charge in [0.15, 0.2) is 0 Å². The number of rotatable bonds is 4. The molecule has 9 heteroatoms. The molecule has 0 spiro atoms. The number of anilines is 1. The van der Waals surface area contributed by atoms with Crippen molar-refractivity contribution >= 4 is 5.82 Å². The largest absolute Gasteiger partial charge is 0.419 e. The number of halogens is 3. The van der Waals surface area contributed by atoms with Gasteiger partial charge in [0.05, 0.1) is 11.3 Å². The summed E-state index contributed by atoms with van der Waals surface area (Å²) in [5.74, 6) is 1.24. The Kier molecular flexibility index (Phi) is 5.68. The molecule has 2 aliphatic carbocycles. The van der Waals surface area contributed by atoms with Gasteiger partial charge in [-0.15, -0.1) is 0 Å². The van der Waals surface area contributed by atoms with E-state index in [-0.39, 0.29) is 6.04 Å². The van der Waals surface area contributed by atoms with Crippen molar-refractivity contribution in [2.24, 2.45) is 11.8 Å². The standard InChI is InChI=1S/C24H33F3N6/c1-14(2)33-21(12-20(30-33)15-9-19(24(25,26)27)23(28)29-13-15)22-17-10-16(11-18(17)22)32-6-4-5-31(3)7-8-32/h9,12-14,16-18,22H,4-8,10-11H2,1-3H3,(H2,28,29)/t16-,17-,18+,22+. The van der Waals surface area contributed by atoms with Crippen LogP contribution < -0.4 is 5.73 Å². The second-order valence-corrected chi connectivity index (χ2v) is 10.3. The Morgan fingerprint density at radius 2 is 1.79 bits per heavy atom. The summed E-state index contributed by atoms with van der Waals surface area (Å²) in [7, 11) is 2.20. The summed E-state index contributed by atoms with van der Waals surface area (Å²) in [5.41, 5.74) is 6.62. The molecular formula is C24H33F3N6. The van der Waals surface area contributed by atoms with Gasteiger partial charge in [0, 0.05) is 48.5 Å². The number of hydrogen-bond donors (Lipinski definition) is 1. The van der Waals surface area contributed by atoms with Gasteiger partial charge in [-0.05, 0) is 77.2 Å². The molecule has 2 saturated carbocycles. The van der Waals surface area contributed by atoms with Gasteiger partial charge in [-0.3, -0.25) is 9.58 Å². The van der Waals surface area contributed by atoms with Crippen molar-refractivity contribution < 1.29 is 13.2 Å².